The Hall–Kier alpha value is -2.37. The molecule has 0 saturated carbocycles. The molecule has 0 amide bonds. The van der Waals surface area contributed by atoms with Crippen LogP contribution in [0, 0.1) is 6.92 Å². The van der Waals surface area contributed by atoms with Gasteiger partial charge < -0.3 is 10.8 Å². The van der Waals surface area contributed by atoms with Gasteiger partial charge in [-0.2, -0.15) is 0 Å². The molecule has 0 aliphatic heterocycles. The van der Waals surface area contributed by atoms with Crippen LogP contribution in [0.2, 0.25) is 0 Å². The SMILES string of the molecule is Cc1nccn1-c1nc(C(=O)O)ccc1N. The van der Waals surface area contributed by atoms with Crippen LogP contribution in [0.5, 0.6) is 0 Å². The summed E-state index contributed by atoms with van der Waals surface area (Å²) in [5.74, 6) is -0.00402. The summed E-state index contributed by atoms with van der Waals surface area (Å²) in [7, 11) is 0. The highest BCUT2D eigenvalue weighted by atomic mass is 16.4. The zero-order chi connectivity index (χ0) is 11.7. The number of carboxylic acid groups (broad SMARTS) is 1. The second-order valence-electron chi connectivity index (χ2n) is 3.26. The standard InChI is InChI=1S/C10H10N4O2/c1-6-12-4-5-14(6)9-7(11)2-3-8(13-9)10(15)16/h2-5H,11H2,1H3,(H,15,16). The van der Waals surface area contributed by atoms with Crippen LogP contribution in [0.3, 0.4) is 0 Å². The third kappa shape index (κ3) is 1.60. The van der Waals surface area contributed by atoms with Gasteiger partial charge in [-0.25, -0.2) is 14.8 Å². The molecule has 6 heteroatoms. The molecule has 2 heterocycles. The van der Waals surface area contributed by atoms with Crippen LogP contribution in [-0.2, 0) is 0 Å². The van der Waals surface area contributed by atoms with Gasteiger partial charge in [-0.15, -0.1) is 0 Å². The lowest BCUT2D eigenvalue weighted by atomic mass is 10.3. The van der Waals surface area contributed by atoms with E-state index in [9.17, 15) is 4.79 Å². The Morgan fingerprint density at radius 3 is 2.81 bits per heavy atom. The fourth-order valence-corrected chi connectivity index (χ4v) is 1.37. The Balaban J connectivity index is 2.60. The van der Waals surface area contributed by atoms with Gasteiger partial charge in [-0.1, -0.05) is 0 Å². The maximum Gasteiger partial charge on any atom is 0.354 e. The normalized spacial score (nSPS) is 10.3. The zero-order valence-corrected chi connectivity index (χ0v) is 8.58. The number of hydrogen-bond donors (Lipinski definition) is 2. The van der Waals surface area contributed by atoms with Gasteiger partial charge in [-0.05, 0) is 19.1 Å². The van der Waals surface area contributed by atoms with Gasteiger partial charge in [0.15, 0.2) is 11.5 Å². The molecule has 16 heavy (non-hydrogen) atoms. The molecule has 0 radical (unpaired) electrons. The van der Waals surface area contributed by atoms with Crippen LogP contribution in [0.15, 0.2) is 24.5 Å². The Morgan fingerprint density at radius 1 is 1.50 bits per heavy atom. The average molecular weight is 218 g/mol. The van der Waals surface area contributed by atoms with Gasteiger partial charge in [0.2, 0.25) is 0 Å². The topological polar surface area (TPSA) is 94.0 Å². The number of carbonyl (C=O) groups is 1. The molecular weight excluding hydrogens is 208 g/mol. The number of nitrogen functional groups attached to an aromatic ring is 1. The van der Waals surface area contributed by atoms with Crippen molar-refractivity contribution in [1.29, 1.82) is 0 Å². The van der Waals surface area contributed by atoms with Crippen molar-refractivity contribution in [2.24, 2.45) is 0 Å². The minimum absolute atomic E-state index is 0.0442. The van der Waals surface area contributed by atoms with Crippen molar-refractivity contribution in [3.8, 4) is 5.82 Å². The molecule has 2 rings (SSSR count). The molecule has 0 atom stereocenters. The number of hydrogen-bond acceptors (Lipinski definition) is 4. The minimum Gasteiger partial charge on any atom is -0.477 e. The lowest BCUT2D eigenvalue weighted by molar-refractivity contribution is 0.0690. The molecule has 0 saturated heterocycles. The van der Waals surface area contributed by atoms with Gasteiger partial charge in [0.25, 0.3) is 0 Å². The van der Waals surface area contributed by atoms with Crippen molar-refractivity contribution >= 4 is 11.7 Å². The maximum absolute atomic E-state index is 10.8. The predicted molar refractivity (Wildman–Crippen MR) is 57.5 cm³/mol. The Morgan fingerprint density at radius 2 is 2.25 bits per heavy atom. The number of nitrogens with zero attached hydrogens (tertiary/aromatic N) is 3. The lowest BCUT2D eigenvalue weighted by Crippen LogP contribution is -2.08. The van der Waals surface area contributed by atoms with Crippen molar-refractivity contribution in [2.75, 3.05) is 5.73 Å². The molecule has 2 aromatic rings. The fraction of sp³-hybridized carbons (Fsp3) is 0.100. The van der Waals surface area contributed by atoms with Crippen LogP contribution < -0.4 is 5.73 Å². The summed E-state index contributed by atoms with van der Waals surface area (Å²) in [4.78, 5) is 18.8. The first kappa shape index (κ1) is 10.2. The molecule has 2 aromatic heterocycles. The molecule has 0 aliphatic carbocycles. The van der Waals surface area contributed by atoms with Crippen LogP contribution in [0.25, 0.3) is 5.82 Å². The number of pyridine rings is 1. The van der Waals surface area contributed by atoms with Crippen molar-refractivity contribution in [2.45, 2.75) is 6.92 Å². The second kappa shape index (κ2) is 3.65. The number of rotatable bonds is 2. The third-order valence-electron chi connectivity index (χ3n) is 2.18. The Kier molecular flexibility index (Phi) is 2.32. The highest BCUT2D eigenvalue weighted by molar-refractivity contribution is 5.86. The van der Waals surface area contributed by atoms with E-state index in [1.54, 1.807) is 23.9 Å². The number of aryl methyl sites for hydroxylation is 1. The quantitative estimate of drug-likeness (QED) is 0.779. The molecule has 3 N–H and O–H groups in total. The van der Waals surface area contributed by atoms with Gasteiger partial charge in [-0.3, -0.25) is 4.57 Å². The van der Waals surface area contributed by atoms with E-state index in [4.69, 9.17) is 10.8 Å². The summed E-state index contributed by atoms with van der Waals surface area (Å²) in [6, 6.07) is 2.89. The first-order chi connectivity index (χ1) is 7.59. The monoisotopic (exact) mass is 218 g/mol. The van der Waals surface area contributed by atoms with Crippen molar-refractivity contribution in [3.63, 3.8) is 0 Å². The summed E-state index contributed by atoms with van der Waals surface area (Å²) in [5, 5.41) is 8.84. The molecule has 0 bridgehead atoms. The Labute approximate surface area is 91.4 Å². The number of imidazole rings is 1. The van der Waals surface area contributed by atoms with Crippen molar-refractivity contribution in [1.82, 2.24) is 14.5 Å². The van der Waals surface area contributed by atoms with Crippen LogP contribution in [0.4, 0.5) is 5.69 Å². The van der Waals surface area contributed by atoms with E-state index in [0.29, 0.717) is 17.3 Å². The smallest absolute Gasteiger partial charge is 0.354 e. The van der Waals surface area contributed by atoms with Crippen LogP contribution in [0.1, 0.15) is 16.3 Å². The third-order valence-corrected chi connectivity index (χ3v) is 2.18. The van der Waals surface area contributed by atoms with Crippen molar-refractivity contribution in [3.05, 3.63) is 36.0 Å². The molecular formula is C10H10N4O2. The van der Waals surface area contributed by atoms with Crippen LogP contribution >= 0.6 is 0 Å². The zero-order valence-electron chi connectivity index (χ0n) is 8.58. The summed E-state index contributed by atoms with van der Waals surface area (Å²) in [6.45, 7) is 1.79. The van der Waals surface area contributed by atoms with E-state index in [0.717, 1.165) is 0 Å². The summed E-state index contributed by atoms with van der Waals surface area (Å²) in [6.07, 6.45) is 3.28. The fourth-order valence-electron chi connectivity index (χ4n) is 1.37. The number of anilines is 1. The predicted octanol–water partition coefficient (Wildman–Crippen LogP) is 0.856. The molecule has 0 aliphatic rings. The minimum atomic E-state index is -1.08. The van der Waals surface area contributed by atoms with E-state index < -0.39 is 5.97 Å². The highest BCUT2D eigenvalue weighted by Crippen LogP contribution is 2.16. The van der Waals surface area contributed by atoms with Crippen molar-refractivity contribution < 1.29 is 9.90 Å². The van der Waals surface area contributed by atoms with E-state index in [1.165, 1.54) is 12.1 Å². The second-order valence-corrected chi connectivity index (χ2v) is 3.26. The molecule has 0 aromatic carbocycles. The molecule has 82 valence electrons. The first-order valence-electron chi connectivity index (χ1n) is 4.59. The summed E-state index contributed by atoms with van der Waals surface area (Å²) < 4.78 is 1.64. The van der Waals surface area contributed by atoms with E-state index in [-0.39, 0.29) is 5.69 Å². The van der Waals surface area contributed by atoms with E-state index in [1.807, 2.05) is 0 Å². The lowest BCUT2D eigenvalue weighted by Gasteiger charge is -2.07. The first-order valence-corrected chi connectivity index (χ1v) is 4.59. The van der Waals surface area contributed by atoms with E-state index in [2.05, 4.69) is 9.97 Å². The van der Waals surface area contributed by atoms with Gasteiger partial charge >= 0.3 is 5.97 Å². The number of aromatic nitrogens is 3. The number of nitrogens with two attached hydrogens (primary N) is 1. The van der Waals surface area contributed by atoms with E-state index >= 15 is 0 Å². The molecule has 0 fully saturated rings. The molecule has 6 nitrogen and oxygen atoms in total. The highest BCUT2D eigenvalue weighted by Gasteiger charge is 2.11. The summed E-state index contributed by atoms with van der Waals surface area (Å²) in [5.41, 5.74) is 6.11. The van der Waals surface area contributed by atoms with Crippen LogP contribution in [-0.4, -0.2) is 25.6 Å². The molecule has 0 unspecified atom stereocenters. The number of aromatic carboxylic acids is 1. The largest absolute Gasteiger partial charge is 0.477 e. The van der Waals surface area contributed by atoms with Gasteiger partial charge in [0, 0.05) is 12.4 Å². The average Bonchev–Trinajstić information content (AvgIpc) is 2.65. The Bertz CT molecular complexity index is 548. The van der Waals surface area contributed by atoms with Gasteiger partial charge in [0.1, 0.15) is 5.82 Å². The maximum atomic E-state index is 10.8. The van der Waals surface area contributed by atoms with Gasteiger partial charge in [0.05, 0.1) is 5.69 Å². The summed E-state index contributed by atoms with van der Waals surface area (Å²) >= 11 is 0. The molecule has 0 spiro atoms. The number of carboxylic acids is 1.